The van der Waals surface area contributed by atoms with Crippen LogP contribution in [0.3, 0.4) is 0 Å². The number of H-pyrrole nitrogens is 2. The van der Waals surface area contributed by atoms with Gasteiger partial charge in [-0.1, -0.05) is 0 Å². The average Bonchev–Trinajstić information content (AvgIpc) is 3.60. The molecule has 0 bridgehead atoms. The Balaban J connectivity index is 1.45. The third kappa shape index (κ3) is 4.06. The fourth-order valence-electron chi connectivity index (χ4n) is 4.31. The molecule has 2 aromatic heterocycles. The molecule has 0 unspecified atom stereocenters. The van der Waals surface area contributed by atoms with Gasteiger partial charge in [-0.3, -0.25) is 14.3 Å². The summed E-state index contributed by atoms with van der Waals surface area (Å²) in [7, 11) is 0. The molecule has 12 heteroatoms. The molecule has 2 aromatic carbocycles. The molecule has 1 amide bonds. The van der Waals surface area contributed by atoms with Crippen molar-refractivity contribution >= 4 is 50.5 Å². The van der Waals surface area contributed by atoms with Gasteiger partial charge < -0.3 is 24.7 Å². The maximum atomic E-state index is 13.3. The van der Waals surface area contributed by atoms with Crippen LogP contribution >= 0.6 is 27.7 Å². The standard InChI is InChI=1S/C23H21BrN6O4S/c24-15-9-19-18(33-12-34-19)8-14(15)21-22(25-10-20(31)29-3-5-35-6-4-29)28-23(32)30(21)13-1-2-16-17(7-13)27-11-26-16/h1-2,7-9,11,25H,3-6,10,12H2,(H,26,27)(H,28,32). The minimum atomic E-state index is -0.340. The predicted octanol–water partition coefficient (Wildman–Crippen LogP) is 3.19. The quantitative estimate of drug-likeness (QED) is 0.345. The molecular weight excluding hydrogens is 536 g/mol. The molecule has 1 saturated heterocycles. The van der Waals surface area contributed by atoms with Crippen molar-refractivity contribution in [2.75, 3.05) is 43.2 Å². The van der Waals surface area contributed by atoms with E-state index in [9.17, 15) is 9.59 Å². The number of fused-ring (bicyclic) bond motifs is 2. The first kappa shape index (κ1) is 22.1. The molecule has 35 heavy (non-hydrogen) atoms. The number of anilines is 1. The van der Waals surface area contributed by atoms with Gasteiger partial charge in [0.1, 0.15) is 5.82 Å². The van der Waals surface area contributed by atoms with E-state index in [1.54, 1.807) is 10.9 Å². The Hall–Kier alpha value is -3.38. The van der Waals surface area contributed by atoms with Crippen LogP contribution in [0.1, 0.15) is 0 Å². The van der Waals surface area contributed by atoms with Crippen LogP contribution in [-0.2, 0) is 4.79 Å². The highest BCUT2D eigenvalue weighted by atomic mass is 79.9. The number of nitrogens with zero attached hydrogens (tertiary/aromatic N) is 3. The highest BCUT2D eigenvalue weighted by Gasteiger charge is 2.25. The van der Waals surface area contributed by atoms with Crippen molar-refractivity contribution < 1.29 is 14.3 Å². The van der Waals surface area contributed by atoms with Crippen LogP contribution in [0.25, 0.3) is 28.0 Å². The SMILES string of the molecule is O=C(CNc1[nH]c(=O)n(-c2ccc3nc[nH]c3c2)c1-c1cc2c(cc1Br)OCO2)N1CCSCC1. The summed E-state index contributed by atoms with van der Waals surface area (Å²) < 4.78 is 13.4. The van der Waals surface area contributed by atoms with Crippen LogP contribution in [0.4, 0.5) is 5.82 Å². The Labute approximate surface area is 212 Å². The number of amides is 1. The molecule has 2 aliphatic rings. The fourth-order valence-corrected chi connectivity index (χ4v) is 5.73. The zero-order chi connectivity index (χ0) is 23.9. The van der Waals surface area contributed by atoms with Crippen molar-refractivity contribution in [3.05, 3.63) is 51.6 Å². The largest absolute Gasteiger partial charge is 0.454 e. The molecule has 3 N–H and O–H groups in total. The van der Waals surface area contributed by atoms with E-state index in [0.29, 0.717) is 34.3 Å². The van der Waals surface area contributed by atoms with E-state index in [1.165, 1.54) is 0 Å². The number of aromatic amines is 2. The average molecular weight is 557 g/mol. The molecule has 10 nitrogen and oxygen atoms in total. The van der Waals surface area contributed by atoms with Crippen LogP contribution in [0.2, 0.25) is 0 Å². The lowest BCUT2D eigenvalue weighted by Gasteiger charge is -2.26. The van der Waals surface area contributed by atoms with E-state index in [4.69, 9.17) is 9.47 Å². The second-order valence-corrected chi connectivity index (χ2v) is 10.2. The summed E-state index contributed by atoms with van der Waals surface area (Å²) in [5, 5.41) is 3.18. The lowest BCUT2D eigenvalue weighted by molar-refractivity contribution is -0.128. The number of hydrogen-bond donors (Lipinski definition) is 3. The molecule has 0 aliphatic carbocycles. The van der Waals surface area contributed by atoms with E-state index in [0.717, 1.165) is 40.1 Å². The van der Waals surface area contributed by atoms with Gasteiger partial charge in [-0.25, -0.2) is 9.78 Å². The van der Waals surface area contributed by atoms with Crippen LogP contribution in [0, 0.1) is 0 Å². The molecule has 0 saturated carbocycles. The first-order valence-corrected chi connectivity index (χ1v) is 13.0. The topological polar surface area (TPSA) is 117 Å². The second kappa shape index (κ2) is 9.00. The summed E-state index contributed by atoms with van der Waals surface area (Å²) in [6, 6.07) is 9.20. The number of halogens is 1. The molecule has 6 rings (SSSR count). The first-order chi connectivity index (χ1) is 17.1. The van der Waals surface area contributed by atoms with Gasteiger partial charge in [0.05, 0.1) is 35.3 Å². The van der Waals surface area contributed by atoms with Gasteiger partial charge in [-0.05, 0) is 46.3 Å². The Kier molecular flexibility index (Phi) is 5.69. The number of imidazole rings is 2. The molecule has 0 spiro atoms. The number of thioether (sulfide) groups is 1. The number of carbonyl (C=O) groups is 1. The number of hydrogen-bond acceptors (Lipinski definition) is 7. The molecule has 4 heterocycles. The molecule has 180 valence electrons. The minimum absolute atomic E-state index is 0.00604. The highest BCUT2D eigenvalue weighted by molar-refractivity contribution is 9.10. The number of ether oxygens (including phenoxy) is 2. The van der Waals surface area contributed by atoms with Gasteiger partial charge in [0.2, 0.25) is 12.7 Å². The highest BCUT2D eigenvalue weighted by Crippen LogP contribution is 2.43. The van der Waals surface area contributed by atoms with Gasteiger partial charge in [0, 0.05) is 34.6 Å². The zero-order valence-corrected chi connectivity index (χ0v) is 20.9. The Morgan fingerprint density at radius 1 is 1.17 bits per heavy atom. The summed E-state index contributed by atoms with van der Waals surface area (Å²) >= 11 is 5.47. The number of rotatable bonds is 5. The normalized spacial score (nSPS) is 15.1. The molecule has 0 radical (unpaired) electrons. The van der Waals surface area contributed by atoms with E-state index in [1.807, 2.05) is 47.0 Å². The number of aromatic nitrogens is 4. The summed E-state index contributed by atoms with van der Waals surface area (Å²) in [5.41, 5.74) is 3.19. The van der Waals surface area contributed by atoms with E-state index < -0.39 is 0 Å². The monoisotopic (exact) mass is 556 g/mol. The maximum absolute atomic E-state index is 13.3. The van der Waals surface area contributed by atoms with Crippen molar-refractivity contribution in [3.63, 3.8) is 0 Å². The predicted molar refractivity (Wildman–Crippen MR) is 138 cm³/mol. The van der Waals surface area contributed by atoms with Crippen LogP contribution in [-0.4, -0.2) is 68.3 Å². The third-order valence-electron chi connectivity index (χ3n) is 6.06. The molecule has 0 atom stereocenters. The summed E-state index contributed by atoms with van der Waals surface area (Å²) in [4.78, 5) is 38.2. The van der Waals surface area contributed by atoms with Crippen molar-refractivity contribution in [1.29, 1.82) is 0 Å². The summed E-state index contributed by atoms with van der Waals surface area (Å²) in [6.07, 6.45) is 1.61. The lowest BCUT2D eigenvalue weighted by Crippen LogP contribution is -2.41. The zero-order valence-electron chi connectivity index (χ0n) is 18.5. The molecule has 1 fully saturated rings. The maximum Gasteiger partial charge on any atom is 0.332 e. The van der Waals surface area contributed by atoms with Gasteiger partial charge in [0.25, 0.3) is 0 Å². The van der Waals surface area contributed by atoms with Gasteiger partial charge in [0.15, 0.2) is 11.5 Å². The van der Waals surface area contributed by atoms with Crippen molar-refractivity contribution in [2.24, 2.45) is 0 Å². The molecule has 4 aromatic rings. The second-order valence-electron chi connectivity index (χ2n) is 8.13. The van der Waals surface area contributed by atoms with Crippen LogP contribution in [0.15, 0.2) is 45.9 Å². The van der Waals surface area contributed by atoms with Gasteiger partial charge >= 0.3 is 5.69 Å². The third-order valence-corrected chi connectivity index (χ3v) is 7.65. The van der Waals surface area contributed by atoms with Crippen LogP contribution < -0.4 is 20.5 Å². The Morgan fingerprint density at radius 3 is 2.80 bits per heavy atom. The number of nitrogens with one attached hydrogen (secondary N) is 3. The van der Waals surface area contributed by atoms with Crippen molar-refractivity contribution in [1.82, 2.24) is 24.4 Å². The fraction of sp³-hybridized carbons (Fsp3) is 0.261. The summed E-state index contributed by atoms with van der Waals surface area (Å²) in [5.74, 6) is 3.51. The van der Waals surface area contributed by atoms with Gasteiger partial charge in [-0.15, -0.1) is 0 Å². The molecular formula is C23H21BrN6O4S. The van der Waals surface area contributed by atoms with Gasteiger partial charge in [-0.2, -0.15) is 11.8 Å². The molecule has 2 aliphatic heterocycles. The van der Waals surface area contributed by atoms with Crippen LogP contribution in [0.5, 0.6) is 11.5 Å². The van der Waals surface area contributed by atoms with E-state index >= 15 is 0 Å². The number of benzene rings is 2. The minimum Gasteiger partial charge on any atom is -0.454 e. The summed E-state index contributed by atoms with van der Waals surface area (Å²) in [6.45, 7) is 1.66. The first-order valence-electron chi connectivity index (χ1n) is 11.1. The Morgan fingerprint density at radius 2 is 1.97 bits per heavy atom. The van der Waals surface area contributed by atoms with Crippen molar-refractivity contribution in [3.8, 4) is 28.4 Å². The van der Waals surface area contributed by atoms with E-state index in [-0.39, 0.29) is 24.9 Å². The number of carbonyl (C=O) groups excluding carboxylic acids is 1. The van der Waals surface area contributed by atoms with E-state index in [2.05, 4.69) is 36.2 Å². The lowest BCUT2D eigenvalue weighted by atomic mass is 10.1. The smallest absolute Gasteiger partial charge is 0.332 e. The Bertz CT molecular complexity index is 1490. The van der Waals surface area contributed by atoms with Crippen molar-refractivity contribution in [2.45, 2.75) is 0 Å².